The number of halogens is 1. The van der Waals surface area contributed by atoms with Crippen LogP contribution in [0.5, 0.6) is 5.75 Å². The fourth-order valence-electron chi connectivity index (χ4n) is 5.24. The van der Waals surface area contributed by atoms with Gasteiger partial charge in [-0.05, 0) is 86.0 Å². The topological polar surface area (TPSA) is 50.8 Å². The molecular formula is C28H39ClN2O3Si. The molecule has 7 heteroatoms. The molecule has 2 unspecified atom stereocenters. The third kappa shape index (κ3) is 5.70. The Kier molecular flexibility index (Phi) is 7.56. The molecule has 0 bridgehead atoms. The summed E-state index contributed by atoms with van der Waals surface area (Å²) in [6.07, 6.45) is 4.01. The van der Waals surface area contributed by atoms with Crippen molar-refractivity contribution in [3.8, 4) is 5.75 Å². The van der Waals surface area contributed by atoms with E-state index in [1.807, 2.05) is 41.3 Å². The molecule has 1 heterocycles. The Labute approximate surface area is 216 Å². The lowest BCUT2D eigenvalue weighted by atomic mass is 9.74. The fraction of sp³-hybridized carbons (Fsp3) is 0.536. The van der Waals surface area contributed by atoms with E-state index >= 15 is 0 Å². The highest BCUT2D eigenvalue weighted by Gasteiger charge is 2.57. The molecule has 2 amide bonds. The first-order valence-corrected chi connectivity index (χ1v) is 15.9. The van der Waals surface area contributed by atoms with Crippen LogP contribution in [0.15, 0.2) is 42.5 Å². The Morgan fingerprint density at radius 1 is 1.17 bits per heavy atom. The maximum Gasteiger partial charge on any atom is 0.323 e. The van der Waals surface area contributed by atoms with Gasteiger partial charge in [-0.1, -0.05) is 44.5 Å². The molecule has 2 aromatic carbocycles. The van der Waals surface area contributed by atoms with Crippen LogP contribution in [-0.4, -0.2) is 28.3 Å². The van der Waals surface area contributed by atoms with Crippen LogP contribution >= 0.6 is 11.6 Å². The number of amides is 2. The first-order valence-electron chi connectivity index (χ1n) is 12.7. The smallest absolute Gasteiger partial charge is 0.323 e. The highest BCUT2D eigenvalue weighted by molar-refractivity contribution is 6.48. The van der Waals surface area contributed by atoms with E-state index in [-0.39, 0.29) is 17.6 Å². The molecule has 1 fully saturated rings. The molecule has 5 nitrogen and oxygen atoms in total. The predicted molar refractivity (Wildman–Crippen MR) is 146 cm³/mol. The number of methoxy groups -OCH3 is 1. The van der Waals surface area contributed by atoms with Gasteiger partial charge in [-0.2, -0.15) is 0 Å². The molecule has 1 N–H and O–H groups in total. The number of hydrogen-bond donors (Lipinski definition) is 1. The van der Waals surface area contributed by atoms with Crippen LogP contribution in [0.25, 0.3) is 0 Å². The molecule has 2 aromatic rings. The maximum atomic E-state index is 13.8. The summed E-state index contributed by atoms with van der Waals surface area (Å²) in [6, 6.07) is 13.7. The van der Waals surface area contributed by atoms with Crippen molar-refractivity contribution in [2.24, 2.45) is 11.3 Å². The molecule has 4 rings (SSSR count). The molecule has 1 aliphatic carbocycles. The first-order chi connectivity index (χ1) is 16.5. The number of carbonyl (C=O) groups excluding carboxylic acids is 1. The summed E-state index contributed by atoms with van der Waals surface area (Å²) in [4.78, 5) is 15.7. The average Bonchev–Trinajstić information content (AvgIpc) is 3.64. The van der Waals surface area contributed by atoms with Gasteiger partial charge in [-0.15, -0.1) is 0 Å². The van der Waals surface area contributed by atoms with E-state index in [9.17, 15) is 4.79 Å². The second-order valence-electron chi connectivity index (χ2n) is 11.4. The van der Waals surface area contributed by atoms with Crippen molar-refractivity contribution in [2.75, 3.05) is 12.0 Å². The fourth-order valence-corrected chi connectivity index (χ4v) is 6.42. The second-order valence-corrected chi connectivity index (χ2v) is 14.2. The van der Waals surface area contributed by atoms with Gasteiger partial charge < -0.3 is 14.5 Å². The lowest BCUT2D eigenvalue weighted by Gasteiger charge is -2.49. The average molecular weight is 515 g/mol. The Bertz CT molecular complexity index is 1050. The summed E-state index contributed by atoms with van der Waals surface area (Å²) in [6.45, 7) is 11.7. The van der Waals surface area contributed by atoms with Crippen LogP contribution in [0, 0.1) is 11.3 Å². The molecular weight excluding hydrogens is 476 g/mol. The highest BCUT2D eigenvalue weighted by atomic mass is 35.5. The van der Waals surface area contributed by atoms with Crippen molar-refractivity contribution in [3.63, 3.8) is 0 Å². The van der Waals surface area contributed by atoms with Crippen molar-refractivity contribution < 1.29 is 14.0 Å². The van der Waals surface area contributed by atoms with E-state index < -0.39 is 14.6 Å². The lowest BCUT2D eigenvalue weighted by Crippen LogP contribution is -2.63. The van der Waals surface area contributed by atoms with E-state index in [1.165, 1.54) is 0 Å². The van der Waals surface area contributed by atoms with Gasteiger partial charge >= 0.3 is 6.03 Å². The van der Waals surface area contributed by atoms with Crippen molar-refractivity contribution in [1.29, 1.82) is 0 Å². The first kappa shape index (κ1) is 26.1. The number of fused-ring (bicyclic) bond motifs is 1. The lowest BCUT2D eigenvalue weighted by molar-refractivity contribution is 0.0506. The second kappa shape index (κ2) is 10.2. The van der Waals surface area contributed by atoms with E-state index in [2.05, 4.69) is 45.2 Å². The molecule has 0 spiro atoms. The van der Waals surface area contributed by atoms with E-state index in [4.69, 9.17) is 20.8 Å². The largest absolute Gasteiger partial charge is 0.497 e. The van der Waals surface area contributed by atoms with Gasteiger partial charge in [0.05, 0.1) is 31.0 Å². The minimum absolute atomic E-state index is 0.0719. The van der Waals surface area contributed by atoms with Gasteiger partial charge in [0.1, 0.15) is 5.75 Å². The van der Waals surface area contributed by atoms with E-state index in [0.29, 0.717) is 17.5 Å². The van der Waals surface area contributed by atoms with Crippen LogP contribution in [0.1, 0.15) is 57.6 Å². The minimum Gasteiger partial charge on any atom is -0.497 e. The summed E-state index contributed by atoms with van der Waals surface area (Å²) in [5.41, 5.74) is 2.68. The quantitative estimate of drug-likeness (QED) is 0.371. The number of benzene rings is 2. The third-order valence-electron chi connectivity index (χ3n) is 7.08. The Balaban J connectivity index is 1.77. The molecule has 1 aliphatic heterocycles. The molecule has 2 aliphatic rings. The van der Waals surface area contributed by atoms with Crippen molar-refractivity contribution >= 4 is 32.4 Å². The van der Waals surface area contributed by atoms with Gasteiger partial charge in [-0.25, -0.2) is 4.79 Å². The number of anilines is 1. The monoisotopic (exact) mass is 514 g/mol. The van der Waals surface area contributed by atoms with Gasteiger partial charge in [0.15, 0.2) is 9.04 Å². The zero-order valence-corrected chi connectivity index (χ0v) is 23.8. The number of rotatable bonds is 9. The molecule has 1 saturated carbocycles. The van der Waals surface area contributed by atoms with Crippen LogP contribution < -0.4 is 15.0 Å². The van der Waals surface area contributed by atoms with Crippen molar-refractivity contribution in [3.05, 3.63) is 58.6 Å². The summed E-state index contributed by atoms with van der Waals surface area (Å²) in [5.74, 6) is 1.15. The predicted octanol–water partition coefficient (Wildman–Crippen LogP) is 6.88. The number of ether oxygens (including phenoxy) is 1. The maximum absolute atomic E-state index is 13.8. The third-order valence-corrected chi connectivity index (χ3v) is 8.18. The van der Waals surface area contributed by atoms with Crippen molar-refractivity contribution in [2.45, 2.75) is 77.7 Å². The summed E-state index contributed by atoms with van der Waals surface area (Å²) < 4.78 is 12.1. The molecule has 0 aromatic heterocycles. The zero-order valence-electron chi connectivity index (χ0n) is 21.9. The molecule has 0 saturated heterocycles. The Hall–Kier alpha value is -2.02. The number of urea groups is 1. The van der Waals surface area contributed by atoms with E-state index in [1.54, 1.807) is 7.11 Å². The van der Waals surface area contributed by atoms with Gasteiger partial charge in [0, 0.05) is 10.6 Å². The minimum atomic E-state index is -1.38. The SMILES string of the molecule is COc1ccc(CN2C(=O)NC(C3CC3)(C(CCC(C)(C)C)O[SiH](C)C)c3cc(Cl)ccc32)cc1. The molecule has 2 atom stereocenters. The highest BCUT2D eigenvalue weighted by Crippen LogP contribution is 2.54. The normalized spacial score (nSPS) is 21.0. The van der Waals surface area contributed by atoms with Gasteiger partial charge in [0.2, 0.25) is 0 Å². The van der Waals surface area contributed by atoms with Crippen LogP contribution in [-0.2, 0) is 16.5 Å². The van der Waals surface area contributed by atoms with Crippen LogP contribution in [0.4, 0.5) is 10.5 Å². The van der Waals surface area contributed by atoms with Crippen molar-refractivity contribution in [1.82, 2.24) is 5.32 Å². The van der Waals surface area contributed by atoms with Gasteiger partial charge in [0.25, 0.3) is 0 Å². The summed E-state index contributed by atoms with van der Waals surface area (Å²) in [7, 11) is 0.277. The molecule has 0 radical (unpaired) electrons. The summed E-state index contributed by atoms with van der Waals surface area (Å²) in [5, 5.41) is 4.20. The Morgan fingerprint density at radius 3 is 2.43 bits per heavy atom. The van der Waals surface area contributed by atoms with Crippen LogP contribution in [0.3, 0.4) is 0 Å². The number of carbonyl (C=O) groups is 1. The number of hydrogen-bond acceptors (Lipinski definition) is 3. The standard InChI is InChI=1S/C28H39ClN2O3Si/c1-27(2,3)16-15-25(34-35(5)6)28(20-9-10-20)23-17-21(29)11-14-24(23)31(26(32)30-28)18-19-7-12-22(33-4)13-8-19/h7-8,11-14,17,20,25,35H,9-10,15-16,18H2,1-6H3,(H,30,32). The number of nitrogens with zero attached hydrogens (tertiary/aromatic N) is 1. The summed E-state index contributed by atoms with van der Waals surface area (Å²) >= 11 is 6.59. The van der Waals surface area contributed by atoms with E-state index in [0.717, 1.165) is 48.2 Å². The molecule has 190 valence electrons. The Morgan fingerprint density at radius 2 is 1.86 bits per heavy atom. The van der Waals surface area contributed by atoms with Gasteiger partial charge in [-0.3, -0.25) is 4.90 Å². The number of nitrogens with one attached hydrogen (secondary N) is 1. The zero-order chi connectivity index (χ0) is 25.4. The molecule has 35 heavy (non-hydrogen) atoms. The van der Waals surface area contributed by atoms with Crippen LogP contribution in [0.2, 0.25) is 18.1 Å².